The van der Waals surface area contributed by atoms with E-state index in [1.54, 1.807) is 24.3 Å². The molecule has 5 aromatic carbocycles. The Morgan fingerprint density at radius 1 is 0.702 bits per heavy atom. The molecule has 57 heavy (non-hydrogen) atoms. The first kappa shape index (κ1) is 44.9. The molecule has 0 fully saturated rings. The molecule has 1 atom stereocenters. The van der Waals surface area contributed by atoms with Gasteiger partial charge in [-0.05, 0) is 126 Å². The first-order valence-electron chi connectivity index (χ1n) is 19.9. The third kappa shape index (κ3) is 13.1. The van der Waals surface area contributed by atoms with Crippen LogP contribution in [0, 0.1) is 25.6 Å². The number of unbranched alkanes of at least 4 members (excludes halogenated alkanes) is 7. The third-order valence-corrected chi connectivity index (χ3v) is 10.7. The molecule has 2 N–H and O–H groups in total. The average molecular weight is 793 g/mol. The smallest absolute Gasteiger partial charge is 0.453 e. The largest absolute Gasteiger partial charge is 0.508 e. The SMILES string of the molecule is C=CCc1c(C)ccc2cc(C)ccc12.O=C(O)C(CCCCCCCCCCc1c(-c2ccc(F)cc2)ccc2cc(O)ccc12)CCCC(F)(F)C(F)(F)F. The molecule has 5 rings (SSSR count). The van der Waals surface area contributed by atoms with Gasteiger partial charge >= 0.3 is 18.1 Å². The predicted molar refractivity (Wildman–Crippen MR) is 220 cm³/mol. The molecule has 0 spiro atoms. The van der Waals surface area contributed by atoms with Gasteiger partial charge in [-0.3, -0.25) is 4.79 Å². The second kappa shape index (κ2) is 21.1. The zero-order valence-corrected chi connectivity index (χ0v) is 32.9. The maximum absolute atomic E-state index is 13.5. The third-order valence-electron chi connectivity index (χ3n) is 10.7. The minimum atomic E-state index is -5.61. The number of hydrogen-bond acceptors (Lipinski definition) is 2. The molecule has 306 valence electrons. The second-order valence-electron chi connectivity index (χ2n) is 15.1. The lowest BCUT2D eigenvalue weighted by atomic mass is 9.90. The van der Waals surface area contributed by atoms with Crippen LogP contribution in [0.25, 0.3) is 32.7 Å². The van der Waals surface area contributed by atoms with Gasteiger partial charge in [0.15, 0.2) is 0 Å². The Hall–Kier alpha value is -4.79. The molecule has 0 radical (unpaired) electrons. The number of fused-ring (bicyclic) bond motifs is 2. The number of allylic oxidation sites excluding steroid dienone is 1. The maximum Gasteiger partial charge on any atom is 0.453 e. The summed E-state index contributed by atoms with van der Waals surface area (Å²) in [6.07, 6.45) is 3.62. The lowest BCUT2D eigenvalue weighted by Crippen LogP contribution is -2.36. The molecule has 5 aromatic rings. The highest BCUT2D eigenvalue weighted by Gasteiger charge is 2.56. The number of aromatic hydroxyl groups is 1. The van der Waals surface area contributed by atoms with E-state index in [-0.39, 0.29) is 24.4 Å². The van der Waals surface area contributed by atoms with Gasteiger partial charge in [-0.1, -0.05) is 117 Å². The van der Waals surface area contributed by atoms with E-state index in [4.69, 9.17) is 0 Å². The lowest BCUT2D eigenvalue weighted by molar-refractivity contribution is -0.284. The molecule has 0 aliphatic heterocycles. The minimum Gasteiger partial charge on any atom is -0.508 e. The van der Waals surface area contributed by atoms with Gasteiger partial charge in [0, 0.05) is 6.42 Å². The number of phenolic OH excluding ortho intramolecular Hbond substituents is 1. The molecule has 0 bridgehead atoms. The van der Waals surface area contributed by atoms with E-state index in [0.29, 0.717) is 6.42 Å². The van der Waals surface area contributed by atoms with E-state index in [2.05, 4.69) is 50.8 Å². The molecule has 0 saturated carbocycles. The van der Waals surface area contributed by atoms with Crippen molar-refractivity contribution in [1.29, 1.82) is 0 Å². The van der Waals surface area contributed by atoms with Crippen molar-refractivity contribution in [3.8, 4) is 16.9 Å². The Balaban J connectivity index is 0.000000398. The number of hydrogen-bond donors (Lipinski definition) is 2. The molecule has 0 aliphatic rings. The van der Waals surface area contributed by atoms with E-state index in [9.17, 15) is 41.4 Å². The summed E-state index contributed by atoms with van der Waals surface area (Å²) >= 11 is 0. The van der Waals surface area contributed by atoms with Gasteiger partial charge in [-0.2, -0.15) is 22.0 Å². The highest BCUT2D eigenvalue weighted by atomic mass is 19.4. The van der Waals surface area contributed by atoms with Gasteiger partial charge in [0.05, 0.1) is 5.92 Å². The number of phenols is 1. The van der Waals surface area contributed by atoms with Crippen molar-refractivity contribution in [1.82, 2.24) is 0 Å². The summed E-state index contributed by atoms with van der Waals surface area (Å²) in [6, 6.07) is 26.8. The molecule has 0 saturated heterocycles. The lowest BCUT2D eigenvalue weighted by Gasteiger charge is -2.20. The highest BCUT2D eigenvalue weighted by molar-refractivity contribution is 5.92. The second-order valence-corrected chi connectivity index (χ2v) is 15.1. The summed E-state index contributed by atoms with van der Waals surface area (Å²) in [5.41, 5.74) is 7.21. The highest BCUT2D eigenvalue weighted by Crippen LogP contribution is 2.40. The fourth-order valence-electron chi connectivity index (χ4n) is 7.45. The van der Waals surface area contributed by atoms with Crippen LogP contribution in [-0.2, 0) is 17.6 Å². The number of aryl methyl sites for hydroxylation is 3. The van der Waals surface area contributed by atoms with Crippen molar-refractivity contribution >= 4 is 27.5 Å². The molecule has 0 amide bonds. The molecular weight excluding hydrogens is 739 g/mol. The normalized spacial score (nSPS) is 12.4. The van der Waals surface area contributed by atoms with Crippen LogP contribution >= 0.6 is 0 Å². The average Bonchev–Trinajstić information content (AvgIpc) is 3.16. The van der Waals surface area contributed by atoms with E-state index in [0.717, 1.165) is 85.3 Å². The predicted octanol–water partition coefficient (Wildman–Crippen LogP) is 14.7. The summed E-state index contributed by atoms with van der Waals surface area (Å²) in [5, 5.41) is 23.9. The summed E-state index contributed by atoms with van der Waals surface area (Å²) in [4.78, 5) is 11.4. The molecule has 3 nitrogen and oxygen atoms in total. The summed E-state index contributed by atoms with van der Waals surface area (Å²) < 4.78 is 76.5. The topological polar surface area (TPSA) is 57.5 Å². The number of halogens is 6. The van der Waals surface area contributed by atoms with Gasteiger partial charge in [-0.15, -0.1) is 6.58 Å². The monoisotopic (exact) mass is 792 g/mol. The van der Waals surface area contributed by atoms with E-state index in [1.807, 2.05) is 24.3 Å². The Morgan fingerprint density at radius 2 is 1.28 bits per heavy atom. The molecular formula is C48H54F6O3. The number of benzene rings is 5. The van der Waals surface area contributed by atoms with Gasteiger partial charge in [0.1, 0.15) is 11.6 Å². The number of aliphatic carboxylic acids is 1. The van der Waals surface area contributed by atoms with Crippen molar-refractivity contribution in [2.24, 2.45) is 5.92 Å². The van der Waals surface area contributed by atoms with Gasteiger partial charge < -0.3 is 10.2 Å². The van der Waals surface area contributed by atoms with Crippen LogP contribution in [-0.4, -0.2) is 28.3 Å². The number of carbonyl (C=O) groups is 1. The quantitative estimate of drug-likeness (QED) is 0.0497. The molecule has 0 aliphatic carbocycles. The van der Waals surface area contributed by atoms with Gasteiger partial charge in [-0.25, -0.2) is 4.39 Å². The molecule has 1 unspecified atom stereocenters. The first-order chi connectivity index (χ1) is 27.1. The first-order valence-corrected chi connectivity index (χ1v) is 19.9. The van der Waals surface area contributed by atoms with Crippen molar-refractivity contribution in [3.05, 3.63) is 126 Å². The van der Waals surface area contributed by atoms with E-state index >= 15 is 0 Å². The zero-order chi connectivity index (χ0) is 41.6. The maximum atomic E-state index is 13.5. The van der Waals surface area contributed by atoms with Crippen molar-refractivity contribution in [3.63, 3.8) is 0 Å². The Kier molecular flexibility index (Phi) is 16.6. The van der Waals surface area contributed by atoms with E-state index in [1.165, 1.54) is 39.6 Å². The number of rotatable bonds is 19. The fourth-order valence-corrected chi connectivity index (χ4v) is 7.45. The van der Waals surface area contributed by atoms with Gasteiger partial charge in [0.25, 0.3) is 0 Å². The molecule has 0 heterocycles. The number of carboxylic acids is 1. The van der Waals surface area contributed by atoms with Crippen LogP contribution in [0.2, 0.25) is 0 Å². The Bertz CT molecular complexity index is 2070. The van der Waals surface area contributed by atoms with Crippen molar-refractivity contribution in [2.45, 2.75) is 116 Å². The van der Waals surface area contributed by atoms with Crippen LogP contribution in [0.15, 0.2) is 97.6 Å². The Morgan fingerprint density at radius 3 is 1.93 bits per heavy atom. The van der Waals surface area contributed by atoms with Gasteiger partial charge in [0.2, 0.25) is 0 Å². The fraction of sp³-hybridized carbons (Fsp3) is 0.396. The summed E-state index contributed by atoms with van der Waals surface area (Å²) in [5.74, 6) is -6.95. The number of alkyl halides is 5. The summed E-state index contributed by atoms with van der Waals surface area (Å²) in [7, 11) is 0. The van der Waals surface area contributed by atoms with Crippen LogP contribution in [0.3, 0.4) is 0 Å². The van der Waals surface area contributed by atoms with Crippen molar-refractivity contribution < 1.29 is 41.4 Å². The Labute approximate surface area is 332 Å². The minimum absolute atomic E-state index is 0.193. The molecule has 0 aromatic heterocycles. The number of carboxylic acid groups (broad SMARTS) is 1. The van der Waals surface area contributed by atoms with E-state index < -0.39 is 36.8 Å². The zero-order valence-electron chi connectivity index (χ0n) is 32.9. The van der Waals surface area contributed by atoms with Crippen LogP contribution in [0.1, 0.15) is 99.3 Å². The van der Waals surface area contributed by atoms with Crippen LogP contribution in [0.5, 0.6) is 5.75 Å². The van der Waals surface area contributed by atoms with Crippen LogP contribution < -0.4 is 0 Å². The van der Waals surface area contributed by atoms with Crippen molar-refractivity contribution in [2.75, 3.05) is 0 Å². The molecule has 9 heteroatoms. The van der Waals surface area contributed by atoms with Crippen LogP contribution in [0.4, 0.5) is 26.3 Å². The summed E-state index contributed by atoms with van der Waals surface area (Å²) in [6.45, 7) is 8.12. The standard InChI is InChI=1S/C33H38F6O3.C15H16/c34-26-16-13-23(14-17-26)28-19-15-25-22-27(40)18-20-29(25)30(28)12-8-6-4-2-1-3-5-7-10-24(31(41)42)11-9-21-32(35,36)33(37,38)39;1-4-5-14-12(3)7-8-13-10-11(2)6-9-15(13)14/h13-20,22,24,40H,1-12,21H2,(H,41,42);4,6-10H,1,5H2,2-3H3.